The third-order valence-electron chi connectivity index (χ3n) is 3.86. The van der Waals surface area contributed by atoms with Crippen LogP contribution in [0.4, 0.5) is 14.9 Å². The average Bonchev–Trinajstić information content (AvgIpc) is 2.82. The maximum Gasteiger partial charge on any atom is 0.414 e. The Balaban J connectivity index is 1.72. The van der Waals surface area contributed by atoms with E-state index in [-0.39, 0.29) is 18.0 Å². The zero-order valence-electron chi connectivity index (χ0n) is 10.6. The van der Waals surface area contributed by atoms with Crippen LogP contribution in [-0.4, -0.2) is 31.8 Å². The maximum atomic E-state index is 13.2. The Morgan fingerprint density at radius 2 is 2.11 bits per heavy atom. The lowest BCUT2D eigenvalue weighted by molar-refractivity contribution is 0.0919. The highest BCUT2D eigenvalue weighted by Crippen LogP contribution is 2.28. The monoisotopic (exact) mass is 264 g/mol. The minimum absolute atomic E-state index is 0.0714. The normalized spacial score (nSPS) is 24.6. The standard InChI is InChI=1S/C14H17FN2O2/c15-11-2-1-3-12(8-11)17-9-13(19-14(17)18)10-4-6-16-7-5-10/h1-3,8,10,13,16H,4-7,9H2. The van der Waals surface area contributed by atoms with Crippen molar-refractivity contribution < 1.29 is 13.9 Å². The van der Waals surface area contributed by atoms with Gasteiger partial charge in [-0.05, 0) is 44.1 Å². The number of hydrogen-bond acceptors (Lipinski definition) is 3. The summed E-state index contributed by atoms with van der Waals surface area (Å²) < 4.78 is 18.7. The van der Waals surface area contributed by atoms with Crippen LogP contribution in [0, 0.1) is 11.7 Å². The van der Waals surface area contributed by atoms with Crippen molar-refractivity contribution in [3.05, 3.63) is 30.1 Å². The third kappa shape index (κ3) is 2.56. The number of hydrogen-bond donors (Lipinski definition) is 1. The molecule has 1 unspecified atom stereocenters. The molecule has 2 aliphatic rings. The number of amides is 1. The Kier molecular flexibility index (Phi) is 3.38. The molecule has 0 spiro atoms. The van der Waals surface area contributed by atoms with Crippen molar-refractivity contribution in [2.75, 3.05) is 24.5 Å². The lowest BCUT2D eigenvalue weighted by Crippen LogP contribution is -2.36. The second kappa shape index (κ2) is 5.17. The summed E-state index contributed by atoms with van der Waals surface area (Å²) in [6.45, 7) is 2.46. The molecule has 0 bridgehead atoms. The fraction of sp³-hybridized carbons (Fsp3) is 0.500. The topological polar surface area (TPSA) is 41.6 Å². The van der Waals surface area contributed by atoms with Crippen molar-refractivity contribution in [3.63, 3.8) is 0 Å². The van der Waals surface area contributed by atoms with Gasteiger partial charge in [0.2, 0.25) is 0 Å². The van der Waals surface area contributed by atoms with E-state index in [1.807, 2.05) is 0 Å². The number of ether oxygens (including phenoxy) is 1. The van der Waals surface area contributed by atoms with Crippen molar-refractivity contribution in [1.82, 2.24) is 5.32 Å². The van der Waals surface area contributed by atoms with Gasteiger partial charge in [-0.15, -0.1) is 0 Å². The van der Waals surface area contributed by atoms with Gasteiger partial charge in [-0.2, -0.15) is 0 Å². The van der Waals surface area contributed by atoms with E-state index in [1.54, 1.807) is 12.1 Å². The van der Waals surface area contributed by atoms with Crippen molar-refractivity contribution in [2.45, 2.75) is 18.9 Å². The lowest BCUT2D eigenvalue weighted by atomic mass is 9.92. The van der Waals surface area contributed by atoms with Crippen molar-refractivity contribution in [2.24, 2.45) is 5.92 Å². The van der Waals surface area contributed by atoms with Crippen LogP contribution in [0.5, 0.6) is 0 Å². The Morgan fingerprint density at radius 3 is 2.84 bits per heavy atom. The molecule has 19 heavy (non-hydrogen) atoms. The molecule has 0 aliphatic carbocycles. The van der Waals surface area contributed by atoms with Crippen LogP contribution in [0.1, 0.15) is 12.8 Å². The SMILES string of the molecule is O=C1OC(C2CCNCC2)CN1c1cccc(F)c1. The van der Waals surface area contributed by atoms with Crippen LogP contribution in [-0.2, 0) is 4.74 Å². The summed E-state index contributed by atoms with van der Waals surface area (Å²) in [6, 6.07) is 6.08. The molecule has 0 radical (unpaired) electrons. The molecule has 1 atom stereocenters. The molecule has 0 aromatic heterocycles. The second-order valence-electron chi connectivity index (χ2n) is 5.10. The summed E-state index contributed by atoms with van der Waals surface area (Å²) in [5.41, 5.74) is 0.571. The van der Waals surface area contributed by atoms with Gasteiger partial charge in [0.25, 0.3) is 0 Å². The predicted molar refractivity (Wildman–Crippen MR) is 69.6 cm³/mol. The predicted octanol–water partition coefficient (Wildman–Crippen LogP) is 2.15. The molecule has 102 valence electrons. The first kappa shape index (κ1) is 12.4. The Bertz CT molecular complexity index is 474. The van der Waals surface area contributed by atoms with Crippen molar-refractivity contribution >= 4 is 11.8 Å². The minimum atomic E-state index is -0.367. The van der Waals surface area contributed by atoms with E-state index < -0.39 is 0 Å². The maximum absolute atomic E-state index is 13.2. The molecule has 1 aromatic carbocycles. The zero-order chi connectivity index (χ0) is 13.2. The van der Waals surface area contributed by atoms with Crippen LogP contribution in [0.25, 0.3) is 0 Å². The van der Waals surface area contributed by atoms with Gasteiger partial charge in [0, 0.05) is 5.92 Å². The van der Waals surface area contributed by atoms with Gasteiger partial charge >= 0.3 is 6.09 Å². The molecule has 1 amide bonds. The van der Waals surface area contributed by atoms with E-state index in [0.717, 1.165) is 25.9 Å². The van der Waals surface area contributed by atoms with E-state index in [9.17, 15) is 9.18 Å². The van der Waals surface area contributed by atoms with Crippen LogP contribution in [0.15, 0.2) is 24.3 Å². The Hall–Kier alpha value is -1.62. The Labute approximate surface area is 111 Å². The number of carbonyl (C=O) groups is 1. The molecule has 5 heteroatoms. The van der Waals surface area contributed by atoms with E-state index in [1.165, 1.54) is 17.0 Å². The summed E-state index contributed by atoms with van der Waals surface area (Å²) in [7, 11) is 0. The fourth-order valence-corrected chi connectivity index (χ4v) is 2.80. The number of anilines is 1. The molecule has 1 aromatic rings. The van der Waals surface area contributed by atoms with Crippen LogP contribution >= 0.6 is 0 Å². The van der Waals surface area contributed by atoms with Gasteiger partial charge < -0.3 is 10.1 Å². The highest BCUT2D eigenvalue weighted by molar-refractivity contribution is 5.89. The van der Waals surface area contributed by atoms with Gasteiger partial charge in [0.05, 0.1) is 12.2 Å². The molecule has 2 saturated heterocycles. The van der Waals surface area contributed by atoms with Crippen LogP contribution in [0.3, 0.4) is 0 Å². The van der Waals surface area contributed by atoms with Gasteiger partial charge in [0.1, 0.15) is 11.9 Å². The minimum Gasteiger partial charge on any atom is -0.444 e. The highest BCUT2D eigenvalue weighted by atomic mass is 19.1. The summed E-state index contributed by atoms with van der Waals surface area (Å²) in [5.74, 6) is 0.0689. The molecular weight excluding hydrogens is 247 g/mol. The third-order valence-corrected chi connectivity index (χ3v) is 3.86. The van der Waals surface area contributed by atoms with Crippen molar-refractivity contribution in [3.8, 4) is 0 Å². The molecular formula is C14H17FN2O2. The molecule has 3 rings (SSSR count). The number of benzene rings is 1. The highest BCUT2D eigenvalue weighted by Gasteiger charge is 2.37. The first-order valence-electron chi connectivity index (χ1n) is 6.68. The molecule has 4 nitrogen and oxygen atoms in total. The molecule has 2 aliphatic heterocycles. The Morgan fingerprint density at radius 1 is 1.32 bits per heavy atom. The van der Waals surface area contributed by atoms with Gasteiger partial charge in [-0.1, -0.05) is 6.07 Å². The number of cyclic esters (lactones) is 1. The van der Waals surface area contributed by atoms with E-state index in [0.29, 0.717) is 18.2 Å². The quantitative estimate of drug-likeness (QED) is 0.890. The zero-order valence-corrected chi connectivity index (χ0v) is 10.6. The van der Waals surface area contributed by atoms with Crippen LogP contribution < -0.4 is 10.2 Å². The molecule has 2 fully saturated rings. The van der Waals surface area contributed by atoms with Gasteiger partial charge in [-0.3, -0.25) is 4.90 Å². The van der Waals surface area contributed by atoms with E-state index in [2.05, 4.69) is 5.32 Å². The van der Waals surface area contributed by atoms with Gasteiger partial charge in [-0.25, -0.2) is 9.18 Å². The van der Waals surface area contributed by atoms with E-state index in [4.69, 9.17) is 4.74 Å². The lowest BCUT2D eigenvalue weighted by Gasteiger charge is -2.26. The van der Waals surface area contributed by atoms with Gasteiger partial charge in [0.15, 0.2) is 0 Å². The smallest absolute Gasteiger partial charge is 0.414 e. The van der Waals surface area contributed by atoms with E-state index >= 15 is 0 Å². The molecule has 2 heterocycles. The first-order valence-corrected chi connectivity index (χ1v) is 6.68. The largest absolute Gasteiger partial charge is 0.444 e. The number of rotatable bonds is 2. The molecule has 1 N–H and O–H groups in total. The second-order valence-corrected chi connectivity index (χ2v) is 5.10. The number of nitrogens with one attached hydrogen (secondary N) is 1. The summed E-state index contributed by atoms with van der Waals surface area (Å²) in [5, 5.41) is 3.30. The number of halogens is 1. The summed E-state index contributed by atoms with van der Waals surface area (Å²) in [6.07, 6.45) is 1.61. The number of nitrogens with zero attached hydrogens (tertiary/aromatic N) is 1. The molecule has 0 saturated carbocycles. The summed E-state index contributed by atoms with van der Waals surface area (Å²) >= 11 is 0. The summed E-state index contributed by atoms with van der Waals surface area (Å²) in [4.78, 5) is 13.4. The number of carbonyl (C=O) groups excluding carboxylic acids is 1. The first-order chi connectivity index (χ1) is 9.24. The van der Waals surface area contributed by atoms with Crippen molar-refractivity contribution in [1.29, 1.82) is 0 Å². The average molecular weight is 264 g/mol. The number of piperidine rings is 1. The van der Waals surface area contributed by atoms with Crippen LogP contribution in [0.2, 0.25) is 0 Å². The fourth-order valence-electron chi connectivity index (χ4n) is 2.80.